The molecule has 0 aliphatic carbocycles. The third-order valence-corrected chi connectivity index (χ3v) is 4.46. The third-order valence-electron chi connectivity index (χ3n) is 4.46. The van der Waals surface area contributed by atoms with Crippen molar-refractivity contribution in [3.05, 3.63) is 59.7 Å². The highest BCUT2D eigenvalue weighted by molar-refractivity contribution is 6.05. The quantitative estimate of drug-likeness (QED) is 0.866. The molecule has 1 heterocycles. The average molecular weight is 354 g/mol. The van der Waals surface area contributed by atoms with Crippen molar-refractivity contribution in [1.29, 1.82) is 0 Å². The van der Waals surface area contributed by atoms with Gasteiger partial charge < -0.3 is 9.84 Å². The van der Waals surface area contributed by atoms with E-state index >= 15 is 0 Å². The summed E-state index contributed by atoms with van der Waals surface area (Å²) < 4.78 is 5.13. The van der Waals surface area contributed by atoms with E-state index in [4.69, 9.17) is 9.84 Å². The van der Waals surface area contributed by atoms with Crippen LogP contribution in [0.15, 0.2) is 48.5 Å². The van der Waals surface area contributed by atoms with Crippen molar-refractivity contribution in [2.45, 2.75) is 19.4 Å². The summed E-state index contributed by atoms with van der Waals surface area (Å²) in [5, 5.41) is 9.00. The zero-order valence-corrected chi connectivity index (χ0v) is 14.7. The smallest absolute Gasteiger partial charge is 0.331 e. The highest BCUT2D eigenvalue weighted by Crippen LogP contribution is 2.23. The molecular weight excluding hydrogens is 332 g/mol. The zero-order chi connectivity index (χ0) is 18.5. The molecule has 0 saturated carbocycles. The van der Waals surface area contributed by atoms with Gasteiger partial charge in [-0.1, -0.05) is 24.3 Å². The lowest BCUT2D eigenvalue weighted by Crippen LogP contribution is -2.52. The molecule has 0 atom stereocenters. The summed E-state index contributed by atoms with van der Waals surface area (Å²) in [6.07, 6.45) is 0.872. The maximum Gasteiger partial charge on any atom is 0.331 e. The molecule has 1 aliphatic heterocycles. The van der Waals surface area contributed by atoms with E-state index < -0.39 is 0 Å². The van der Waals surface area contributed by atoms with Gasteiger partial charge in [0.2, 0.25) is 5.91 Å². The fourth-order valence-corrected chi connectivity index (χ4v) is 2.97. The van der Waals surface area contributed by atoms with Gasteiger partial charge in [-0.2, -0.15) is 0 Å². The first kappa shape index (κ1) is 17.9. The number of benzene rings is 2. The normalized spacial score (nSPS) is 14.7. The number of aliphatic hydroxyl groups is 1. The summed E-state index contributed by atoms with van der Waals surface area (Å²) in [6, 6.07) is 14.5. The molecule has 1 N–H and O–H groups in total. The van der Waals surface area contributed by atoms with E-state index in [1.54, 1.807) is 12.0 Å². The predicted molar refractivity (Wildman–Crippen MR) is 98.1 cm³/mol. The minimum absolute atomic E-state index is 0.0894. The number of methoxy groups -OCH3 is 1. The number of aliphatic hydroxyl groups excluding tert-OH is 1. The lowest BCUT2D eigenvalue weighted by atomic mass is 10.1. The maximum absolute atomic E-state index is 12.8. The molecule has 26 heavy (non-hydrogen) atoms. The Bertz CT molecular complexity index is 771. The Balaban J connectivity index is 1.75. The molecule has 0 aromatic heterocycles. The summed E-state index contributed by atoms with van der Waals surface area (Å²) >= 11 is 0. The molecule has 136 valence electrons. The summed E-state index contributed by atoms with van der Waals surface area (Å²) in [4.78, 5) is 28.0. The van der Waals surface area contributed by atoms with Crippen LogP contribution in [0.5, 0.6) is 5.75 Å². The lowest BCUT2D eigenvalue weighted by Gasteiger charge is -2.34. The van der Waals surface area contributed by atoms with Crippen LogP contribution in [0.1, 0.15) is 17.5 Å². The first-order valence-corrected chi connectivity index (χ1v) is 8.57. The third kappa shape index (κ3) is 3.86. The van der Waals surface area contributed by atoms with Crippen molar-refractivity contribution in [2.75, 3.05) is 25.2 Å². The number of imide groups is 1. The van der Waals surface area contributed by atoms with E-state index in [0.717, 1.165) is 22.6 Å². The second-order valence-corrected chi connectivity index (χ2v) is 6.15. The lowest BCUT2D eigenvalue weighted by molar-refractivity contribution is -0.129. The number of nitrogens with zero attached hydrogens (tertiary/aromatic N) is 2. The van der Waals surface area contributed by atoms with Crippen LogP contribution in [-0.4, -0.2) is 42.2 Å². The number of hydrogen-bond acceptors (Lipinski definition) is 4. The molecule has 2 aromatic carbocycles. The minimum Gasteiger partial charge on any atom is -0.497 e. The number of hydrogen-bond donors (Lipinski definition) is 1. The highest BCUT2D eigenvalue weighted by atomic mass is 16.5. The van der Waals surface area contributed by atoms with E-state index in [9.17, 15) is 9.59 Å². The first-order chi connectivity index (χ1) is 12.6. The van der Waals surface area contributed by atoms with Crippen LogP contribution in [0, 0.1) is 0 Å². The van der Waals surface area contributed by atoms with Crippen LogP contribution >= 0.6 is 0 Å². The number of rotatable bonds is 6. The topological polar surface area (TPSA) is 70.1 Å². The maximum atomic E-state index is 12.8. The van der Waals surface area contributed by atoms with Crippen molar-refractivity contribution in [3.8, 4) is 5.75 Å². The van der Waals surface area contributed by atoms with Crippen LogP contribution in [-0.2, 0) is 17.8 Å². The second kappa shape index (κ2) is 8.01. The Labute approximate surface area is 152 Å². The van der Waals surface area contributed by atoms with Gasteiger partial charge in [0.25, 0.3) is 0 Å². The van der Waals surface area contributed by atoms with Crippen LogP contribution < -0.4 is 9.64 Å². The van der Waals surface area contributed by atoms with Crippen LogP contribution in [0.4, 0.5) is 10.5 Å². The Morgan fingerprint density at radius 2 is 1.65 bits per heavy atom. The molecule has 3 amide bonds. The van der Waals surface area contributed by atoms with Gasteiger partial charge in [-0.15, -0.1) is 0 Å². The van der Waals surface area contributed by atoms with Gasteiger partial charge in [0.1, 0.15) is 5.75 Å². The fraction of sp³-hybridized carbons (Fsp3) is 0.300. The molecule has 1 saturated heterocycles. The Hall–Kier alpha value is -2.86. The van der Waals surface area contributed by atoms with Crippen molar-refractivity contribution in [1.82, 2.24) is 4.90 Å². The van der Waals surface area contributed by atoms with Crippen LogP contribution in [0.25, 0.3) is 0 Å². The molecular formula is C20H22N2O4. The van der Waals surface area contributed by atoms with Crippen molar-refractivity contribution >= 4 is 17.6 Å². The summed E-state index contributed by atoms with van der Waals surface area (Å²) in [6.45, 7) is 0.697. The van der Waals surface area contributed by atoms with E-state index in [2.05, 4.69) is 0 Å². The summed E-state index contributed by atoms with van der Waals surface area (Å²) in [5.74, 6) is 0.564. The Kier molecular flexibility index (Phi) is 5.53. The van der Waals surface area contributed by atoms with Crippen molar-refractivity contribution < 1.29 is 19.4 Å². The fourth-order valence-electron chi connectivity index (χ4n) is 2.97. The molecule has 0 bridgehead atoms. The summed E-state index contributed by atoms with van der Waals surface area (Å²) in [7, 11) is 1.59. The van der Waals surface area contributed by atoms with Gasteiger partial charge in [-0.3, -0.25) is 14.6 Å². The van der Waals surface area contributed by atoms with Crippen LogP contribution in [0.3, 0.4) is 0 Å². The van der Waals surface area contributed by atoms with E-state index in [-0.39, 0.29) is 25.1 Å². The molecule has 3 rings (SSSR count). The molecule has 2 aromatic rings. The number of carbonyl (C=O) groups excluding carboxylic acids is 2. The van der Waals surface area contributed by atoms with E-state index in [0.29, 0.717) is 19.4 Å². The molecule has 0 unspecified atom stereocenters. The zero-order valence-electron chi connectivity index (χ0n) is 14.7. The van der Waals surface area contributed by atoms with Crippen molar-refractivity contribution in [2.24, 2.45) is 0 Å². The number of anilines is 1. The first-order valence-electron chi connectivity index (χ1n) is 8.57. The molecule has 1 aliphatic rings. The number of amides is 3. The largest absolute Gasteiger partial charge is 0.497 e. The second-order valence-electron chi connectivity index (χ2n) is 6.15. The number of carbonyl (C=O) groups is 2. The standard InChI is InChI=1S/C20H22N2O4/c1-26-18-8-4-16(5-9-18)14-22-19(24)10-12-21(20(22)25)17-6-2-15(3-7-17)11-13-23/h2-9,23H,10-14H2,1H3. The molecule has 1 fully saturated rings. The monoisotopic (exact) mass is 354 g/mol. The van der Waals surface area contributed by atoms with E-state index in [1.165, 1.54) is 4.90 Å². The van der Waals surface area contributed by atoms with Gasteiger partial charge >= 0.3 is 6.03 Å². The van der Waals surface area contributed by atoms with Crippen molar-refractivity contribution in [3.63, 3.8) is 0 Å². The average Bonchev–Trinajstić information content (AvgIpc) is 2.67. The predicted octanol–water partition coefficient (Wildman–Crippen LogP) is 2.59. The Morgan fingerprint density at radius 1 is 1.00 bits per heavy atom. The molecule has 6 heteroatoms. The highest BCUT2D eigenvalue weighted by Gasteiger charge is 2.32. The SMILES string of the molecule is COc1ccc(CN2C(=O)CCN(c3ccc(CCO)cc3)C2=O)cc1. The van der Waals surface area contributed by atoms with Gasteiger partial charge in [-0.25, -0.2) is 4.79 Å². The Morgan fingerprint density at radius 3 is 2.27 bits per heavy atom. The molecule has 0 spiro atoms. The van der Waals surface area contributed by atoms with Crippen LogP contribution in [0.2, 0.25) is 0 Å². The van der Waals surface area contributed by atoms with Gasteiger partial charge in [-0.05, 0) is 41.8 Å². The van der Waals surface area contributed by atoms with E-state index in [1.807, 2.05) is 48.5 Å². The van der Waals surface area contributed by atoms with Gasteiger partial charge in [0.15, 0.2) is 0 Å². The minimum atomic E-state index is -0.313. The van der Waals surface area contributed by atoms with Gasteiger partial charge in [0.05, 0.1) is 13.7 Å². The molecule has 6 nitrogen and oxygen atoms in total. The number of ether oxygens (including phenoxy) is 1. The van der Waals surface area contributed by atoms with Gasteiger partial charge in [0, 0.05) is 25.3 Å². The summed E-state index contributed by atoms with van der Waals surface area (Å²) in [5.41, 5.74) is 2.63. The molecule has 0 radical (unpaired) electrons. The number of urea groups is 1.